The molecule has 1 unspecified atom stereocenters. The van der Waals surface area contributed by atoms with E-state index in [1.807, 2.05) is 0 Å². The van der Waals surface area contributed by atoms with Gasteiger partial charge < -0.3 is 10.4 Å². The average molecular weight is 262 g/mol. The van der Waals surface area contributed by atoms with E-state index in [0.29, 0.717) is 17.0 Å². The van der Waals surface area contributed by atoms with Crippen LogP contribution in [0.4, 0.5) is 5.95 Å². The van der Waals surface area contributed by atoms with E-state index < -0.39 is 12.0 Å². The van der Waals surface area contributed by atoms with Crippen molar-refractivity contribution in [2.75, 3.05) is 5.32 Å². The van der Waals surface area contributed by atoms with Gasteiger partial charge >= 0.3 is 5.97 Å². The molecular formula is C11H14N6O2. The normalized spacial score (nSPS) is 12.2. The fraction of sp³-hybridized carbons (Fsp3) is 0.364. The molecular weight excluding hydrogens is 248 g/mol. The van der Waals surface area contributed by atoms with Crippen molar-refractivity contribution in [1.82, 2.24) is 25.0 Å². The summed E-state index contributed by atoms with van der Waals surface area (Å²) < 4.78 is 1.53. The van der Waals surface area contributed by atoms with E-state index in [4.69, 9.17) is 0 Å². The van der Waals surface area contributed by atoms with Crippen molar-refractivity contribution in [3.05, 3.63) is 29.3 Å². The molecule has 0 radical (unpaired) electrons. The molecule has 0 saturated carbocycles. The standard InChI is InChI=1S/C11H14N6O2/c1-6-7(2)15-16-11(13-6)14-9(10(18)19)8-4-12-17(3)5-8/h4-5,9H,1-3H3,(H,18,19)(H,13,14,16). The van der Waals surface area contributed by atoms with Crippen LogP contribution in [0.25, 0.3) is 0 Å². The van der Waals surface area contributed by atoms with E-state index in [-0.39, 0.29) is 5.95 Å². The van der Waals surface area contributed by atoms with Gasteiger partial charge in [-0.25, -0.2) is 9.78 Å². The first kappa shape index (κ1) is 12.9. The van der Waals surface area contributed by atoms with E-state index in [1.165, 1.54) is 10.9 Å². The number of hydrogen-bond acceptors (Lipinski definition) is 6. The summed E-state index contributed by atoms with van der Waals surface area (Å²) >= 11 is 0. The molecule has 2 N–H and O–H groups in total. The third kappa shape index (κ3) is 2.84. The second kappa shape index (κ2) is 5.01. The Morgan fingerprint density at radius 3 is 2.63 bits per heavy atom. The highest BCUT2D eigenvalue weighted by atomic mass is 16.4. The molecule has 8 heteroatoms. The Kier molecular flexibility index (Phi) is 3.41. The van der Waals surface area contributed by atoms with Crippen molar-refractivity contribution < 1.29 is 9.90 Å². The van der Waals surface area contributed by atoms with Gasteiger partial charge in [0.25, 0.3) is 0 Å². The monoisotopic (exact) mass is 262 g/mol. The number of carboxylic acid groups (broad SMARTS) is 1. The summed E-state index contributed by atoms with van der Waals surface area (Å²) in [6.45, 7) is 3.57. The molecule has 0 aliphatic heterocycles. The molecule has 2 aromatic heterocycles. The van der Waals surface area contributed by atoms with Crippen molar-refractivity contribution in [2.24, 2.45) is 7.05 Å². The summed E-state index contributed by atoms with van der Waals surface area (Å²) in [4.78, 5) is 15.4. The highest BCUT2D eigenvalue weighted by Gasteiger charge is 2.22. The van der Waals surface area contributed by atoms with Gasteiger partial charge in [-0.3, -0.25) is 4.68 Å². The van der Waals surface area contributed by atoms with Crippen LogP contribution in [-0.2, 0) is 11.8 Å². The topological polar surface area (TPSA) is 106 Å². The molecule has 0 fully saturated rings. The number of carboxylic acids is 1. The predicted octanol–water partition coefficient (Wildman–Crippen LogP) is 0.460. The van der Waals surface area contributed by atoms with Crippen molar-refractivity contribution in [3.63, 3.8) is 0 Å². The van der Waals surface area contributed by atoms with Gasteiger partial charge in [0, 0.05) is 18.8 Å². The first-order chi connectivity index (χ1) is 8.97. The Labute approximate surface area is 109 Å². The third-order valence-electron chi connectivity index (χ3n) is 2.67. The molecule has 0 saturated heterocycles. The molecule has 0 amide bonds. The Hall–Kier alpha value is -2.51. The predicted molar refractivity (Wildman–Crippen MR) is 66.5 cm³/mol. The third-order valence-corrected chi connectivity index (χ3v) is 2.67. The Balaban J connectivity index is 2.26. The molecule has 0 aliphatic carbocycles. The number of anilines is 1. The number of aromatic nitrogens is 5. The van der Waals surface area contributed by atoms with E-state index in [0.717, 1.165) is 0 Å². The molecule has 2 rings (SSSR count). The molecule has 0 bridgehead atoms. The van der Waals surface area contributed by atoms with E-state index in [1.54, 1.807) is 27.1 Å². The Morgan fingerprint density at radius 1 is 1.37 bits per heavy atom. The van der Waals surface area contributed by atoms with Crippen LogP contribution in [0.5, 0.6) is 0 Å². The summed E-state index contributed by atoms with van der Waals surface area (Å²) in [7, 11) is 1.72. The maximum absolute atomic E-state index is 11.3. The first-order valence-electron chi connectivity index (χ1n) is 5.63. The zero-order valence-electron chi connectivity index (χ0n) is 10.8. The Morgan fingerprint density at radius 2 is 2.11 bits per heavy atom. The SMILES string of the molecule is Cc1nnc(NC(C(=O)O)c2cnn(C)c2)nc1C. The minimum Gasteiger partial charge on any atom is -0.479 e. The highest BCUT2D eigenvalue weighted by Crippen LogP contribution is 2.17. The van der Waals surface area contributed by atoms with E-state index >= 15 is 0 Å². The zero-order chi connectivity index (χ0) is 14.0. The fourth-order valence-corrected chi connectivity index (χ4v) is 1.52. The number of carbonyl (C=O) groups is 1. The Bertz CT molecular complexity index is 609. The van der Waals surface area contributed by atoms with Crippen LogP contribution in [0.3, 0.4) is 0 Å². The zero-order valence-corrected chi connectivity index (χ0v) is 10.8. The lowest BCUT2D eigenvalue weighted by atomic mass is 10.1. The van der Waals surface area contributed by atoms with Gasteiger partial charge in [-0.15, -0.1) is 5.10 Å². The fourth-order valence-electron chi connectivity index (χ4n) is 1.52. The number of hydrogen-bond donors (Lipinski definition) is 2. The first-order valence-corrected chi connectivity index (χ1v) is 5.63. The molecule has 0 aliphatic rings. The molecule has 1 atom stereocenters. The van der Waals surface area contributed by atoms with Gasteiger partial charge in [0.1, 0.15) is 0 Å². The number of rotatable bonds is 4. The summed E-state index contributed by atoms with van der Waals surface area (Å²) in [6, 6.07) is -0.961. The van der Waals surface area contributed by atoms with Crippen molar-refractivity contribution >= 4 is 11.9 Å². The molecule has 100 valence electrons. The van der Waals surface area contributed by atoms with Gasteiger partial charge in [0.05, 0.1) is 17.6 Å². The lowest BCUT2D eigenvalue weighted by molar-refractivity contribution is -0.138. The van der Waals surface area contributed by atoms with Crippen LogP contribution >= 0.6 is 0 Å². The second-order valence-electron chi connectivity index (χ2n) is 4.17. The van der Waals surface area contributed by atoms with Gasteiger partial charge in [0.15, 0.2) is 6.04 Å². The summed E-state index contributed by atoms with van der Waals surface area (Å²) in [5, 5.41) is 23.7. The molecule has 8 nitrogen and oxygen atoms in total. The van der Waals surface area contributed by atoms with Crippen LogP contribution in [0.1, 0.15) is 23.0 Å². The van der Waals surface area contributed by atoms with E-state index in [2.05, 4.69) is 25.6 Å². The van der Waals surface area contributed by atoms with Crippen LogP contribution in [-0.4, -0.2) is 36.0 Å². The smallest absolute Gasteiger partial charge is 0.331 e. The van der Waals surface area contributed by atoms with Gasteiger partial charge in [0.2, 0.25) is 5.95 Å². The maximum Gasteiger partial charge on any atom is 0.331 e. The molecule has 19 heavy (non-hydrogen) atoms. The van der Waals surface area contributed by atoms with Gasteiger partial charge in [-0.2, -0.15) is 10.2 Å². The van der Waals surface area contributed by atoms with Crippen molar-refractivity contribution in [1.29, 1.82) is 0 Å². The van der Waals surface area contributed by atoms with Crippen LogP contribution in [0, 0.1) is 13.8 Å². The lowest BCUT2D eigenvalue weighted by Crippen LogP contribution is -2.22. The van der Waals surface area contributed by atoms with Crippen LogP contribution in [0.15, 0.2) is 12.4 Å². The number of aryl methyl sites for hydroxylation is 3. The lowest BCUT2D eigenvalue weighted by Gasteiger charge is -2.12. The van der Waals surface area contributed by atoms with Crippen LogP contribution in [0.2, 0.25) is 0 Å². The molecule has 2 heterocycles. The number of nitrogens with one attached hydrogen (secondary N) is 1. The van der Waals surface area contributed by atoms with Gasteiger partial charge in [-0.05, 0) is 13.8 Å². The number of aliphatic carboxylic acids is 1. The minimum absolute atomic E-state index is 0.180. The molecule has 0 spiro atoms. The highest BCUT2D eigenvalue weighted by molar-refractivity contribution is 5.78. The quantitative estimate of drug-likeness (QED) is 0.824. The van der Waals surface area contributed by atoms with Crippen LogP contribution < -0.4 is 5.32 Å². The van der Waals surface area contributed by atoms with Crippen molar-refractivity contribution in [2.45, 2.75) is 19.9 Å². The summed E-state index contributed by atoms with van der Waals surface area (Å²) in [5.41, 5.74) is 1.93. The maximum atomic E-state index is 11.3. The largest absolute Gasteiger partial charge is 0.479 e. The molecule has 2 aromatic rings. The number of nitrogens with zero attached hydrogens (tertiary/aromatic N) is 5. The van der Waals surface area contributed by atoms with Crippen molar-refractivity contribution in [3.8, 4) is 0 Å². The summed E-state index contributed by atoms with van der Waals surface area (Å²) in [6.07, 6.45) is 3.11. The second-order valence-corrected chi connectivity index (χ2v) is 4.17. The van der Waals surface area contributed by atoms with Gasteiger partial charge in [-0.1, -0.05) is 0 Å². The van der Waals surface area contributed by atoms with E-state index in [9.17, 15) is 9.90 Å². The minimum atomic E-state index is -1.03. The molecule has 0 aromatic carbocycles. The summed E-state index contributed by atoms with van der Waals surface area (Å²) in [5.74, 6) is -0.853. The average Bonchev–Trinajstić information content (AvgIpc) is 2.76.